The van der Waals surface area contributed by atoms with Crippen LogP contribution in [-0.2, 0) is 62.0 Å². The average Bonchev–Trinajstić information content (AvgIpc) is 2.95. The molecule has 3 aliphatic carbocycles. The van der Waals surface area contributed by atoms with Gasteiger partial charge >= 0.3 is 35.8 Å². The van der Waals surface area contributed by atoms with Crippen LogP contribution in [0.15, 0.2) is 0 Å². The molecule has 4 rings (SSSR count). The number of esters is 6. The largest absolute Gasteiger partial charge is 0.465 e. The number of ether oxygens (including phenoxy) is 6. The second-order valence-corrected chi connectivity index (χ2v) is 13.8. The van der Waals surface area contributed by atoms with Crippen LogP contribution in [0.1, 0.15) is 81.6 Å². The van der Waals surface area contributed by atoms with Gasteiger partial charge < -0.3 is 28.4 Å². The fourth-order valence-corrected chi connectivity index (χ4v) is 9.18. The molecule has 13 atom stereocenters. The molecule has 1 aliphatic heterocycles. The van der Waals surface area contributed by atoms with Crippen molar-refractivity contribution in [1.29, 1.82) is 0 Å². The summed E-state index contributed by atoms with van der Waals surface area (Å²) < 4.78 is 35.0. The van der Waals surface area contributed by atoms with Crippen molar-refractivity contribution in [1.82, 2.24) is 0 Å². The standard InChI is InChI=1S/C33H46O13/c1-10-14(2)30(39)46-27-24-16(4)26(43-19(7)36)25(38)28-32(9)21(12-23(45-31(27)40)33(24,28)13-41-17(5)34)15(3)11-22(42-18(6)35)29(32)44-20(8)37/h14-16,21-24,26-29H,10-13H2,1-9H3/t14-,15-,16-,21+,22+,23-,24-,26-,27-,28-,29-,32+,33+/m1/s1. The Morgan fingerprint density at radius 3 is 2.02 bits per heavy atom. The zero-order valence-corrected chi connectivity index (χ0v) is 28.0. The number of rotatable bonds is 8. The molecule has 0 aromatic heterocycles. The molecule has 3 saturated carbocycles. The summed E-state index contributed by atoms with van der Waals surface area (Å²) >= 11 is 0. The summed E-state index contributed by atoms with van der Waals surface area (Å²) in [5.41, 5.74) is -2.82. The molecule has 4 fully saturated rings. The second-order valence-electron chi connectivity index (χ2n) is 13.8. The lowest BCUT2D eigenvalue weighted by molar-refractivity contribution is -0.303. The Bertz CT molecular complexity index is 1290. The zero-order chi connectivity index (χ0) is 34.5. The third kappa shape index (κ3) is 5.78. The molecule has 0 amide bonds. The molecule has 0 spiro atoms. The predicted octanol–water partition coefficient (Wildman–Crippen LogP) is 2.73. The van der Waals surface area contributed by atoms with Gasteiger partial charge in [0.05, 0.1) is 11.3 Å². The maximum Gasteiger partial charge on any atom is 0.348 e. The highest BCUT2D eigenvalue weighted by Gasteiger charge is 2.79. The molecule has 46 heavy (non-hydrogen) atoms. The SMILES string of the molecule is CC[C@@H](C)C(=O)O[C@H]1C(=O)O[C@@H]2C[C@H]3[C@H](C)C[C@H](OC(C)=O)[C@@H](OC(C)=O)[C@]3(C)[C@H]3C(=O)[C@H](OC(C)=O)[C@H](C)[C@H]1[C@@]32COC(C)=O. The topological polar surface area (TPSA) is 175 Å². The van der Waals surface area contributed by atoms with Gasteiger partial charge in [0, 0.05) is 50.9 Å². The van der Waals surface area contributed by atoms with E-state index < -0.39 is 119 Å². The number of hydrogen-bond acceptors (Lipinski definition) is 13. The third-order valence-corrected chi connectivity index (χ3v) is 11.0. The summed E-state index contributed by atoms with van der Waals surface area (Å²) in [4.78, 5) is 91.7. The van der Waals surface area contributed by atoms with E-state index in [1.807, 2.05) is 6.92 Å². The number of carbonyl (C=O) groups excluding carboxylic acids is 7. The summed E-state index contributed by atoms with van der Waals surface area (Å²) in [6.07, 6.45) is -5.10. The van der Waals surface area contributed by atoms with Gasteiger partial charge in [0.2, 0.25) is 6.10 Å². The first-order valence-corrected chi connectivity index (χ1v) is 16.0. The molecule has 1 heterocycles. The van der Waals surface area contributed by atoms with E-state index in [0.29, 0.717) is 12.8 Å². The van der Waals surface area contributed by atoms with Crippen molar-refractivity contribution in [2.24, 2.45) is 46.3 Å². The molecule has 0 bridgehead atoms. The van der Waals surface area contributed by atoms with Gasteiger partial charge in [0.25, 0.3) is 0 Å². The van der Waals surface area contributed by atoms with Crippen molar-refractivity contribution < 1.29 is 62.0 Å². The maximum absolute atomic E-state index is 15.0. The monoisotopic (exact) mass is 650 g/mol. The van der Waals surface area contributed by atoms with Crippen molar-refractivity contribution in [2.75, 3.05) is 6.61 Å². The molecule has 0 aromatic carbocycles. The third-order valence-electron chi connectivity index (χ3n) is 11.0. The van der Waals surface area contributed by atoms with Crippen molar-refractivity contribution >= 4 is 41.6 Å². The number of ketones is 1. The molecule has 4 aliphatic rings. The lowest BCUT2D eigenvalue weighted by atomic mass is 9.37. The van der Waals surface area contributed by atoms with Crippen LogP contribution in [0.4, 0.5) is 0 Å². The summed E-state index contributed by atoms with van der Waals surface area (Å²) in [6.45, 7) is 13.2. The van der Waals surface area contributed by atoms with Gasteiger partial charge in [-0.15, -0.1) is 0 Å². The Morgan fingerprint density at radius 1 is 0.870 bits per heavy atom. The molecule has 0 radical (unpaired) electrons. The molecule has 1 saturated heterocycles. The van der Waals surface area contributed by atoms with E-state index in [4.69, 9.17) is 28.4 Å². The van der Waals surface area contributed by atoms with Gasteiger partial charge in [-0.3, -0.25) is 28.8 Å². The van der Waals surface area contributed by atoms with Crippen LogP contribution < -0.4 is 0 Å². The molecule has 0 aromatic rings. The number of carbonyl (C=O) groups is 7. The van der Waals surface area contributed by atoms with E-state index >= 15 is 0 Å². The lowest BCUT2D eigenvalue weighted by Crippen LogP contribution is -2.79. The van der Waals surface area contributed by atoms with Crippen LogP contribution in [-0.4, -0.2) is 78.7 Å². The Hall–Kier alpha value is -3.51. The van der Waals surface area contributed by atoms with Gasteiger partial charge in [-0.1, -0.05) is 34.6 Å². The van der Waals surface area contributed by atoms with E-state index in [-0.39, 0.29) is 12.3 Å². The first kappa shape index (κ1) is 35.3. The quantitative estimate of drug-likeness (QED) is 0.277. The zero-order valence-electron chi connectivity index (χ0n) is 28.0. The minimum absolute atomic E-state index is 0.187. The summed E-state index contributed by atoms with van der Waals surface area (Å²) in [5, 5.41) is 0. The molecular formula is C33H46O13. The van der Waals surface area contributed by atoms with Gasteiger partial charge in [0.1, 0.15) is 24.9 Å². The number of Topliss-reactive ketones (excluding diaryl/α,β-unsaturated/α-hetero) is 1. The molecule has 256 valence electrons. The van der Waals surface area contributed by atoms with Crippen LogP contribution in [0.25, 0.3) is 0 Å². The minimum atomic E-state index is -1.53. The summed E-state index contributed by atoms with van der Waals surface area (Å²) in [7, 11) is 0. The van der Waals surface area contributed by atoms with Gasteiger partial charge in [0.15, 0.2) is 11.9 Å². The second kappa shape index (κ2) is 12.9. The van der Waals surface area contributed by atoms with Gasteiger partial charge in [-0.2, -0.15) is 0 Å². The fraction of sp³-hybridized carbons (Fsp3) is 0.788. The molecule has 13 heteroatoms. The van der Waals surface area contributed by atoms with E-state index in [9.17, 15) is 33.6 Å². The van der Waals surface area contributed by atoms with E-state index in [1.54, 1.807) is 27.7 Å². The van der Waals surface area contributed by atoms with Crippen LogP contribution in [0.3, 0.4) is 0 Å². The maximum atomic E-state index is 15.0. The van der Waals surface area contributed by atoms with E-state index in [1.165, 1.54) is 20.8 Å². The van der Waals surface area contributed by atoms with Crippen LogP contribution >= 0.6 is 0 Å². The lowest BCUT2D eigenvalue weighted by Gasteiger charge is -2.69. The van der Waals surface area contributed by atoms with Gasteiger partial charge in [-0.25, -0.2) is 4.79 Å². The molecular weight excluding hydrogens is 604 g/mol. The van der Waals surface area contributed by atoms with Crippen LogP contribution in [0.5, 0.6) is 0 Å². The van der Waals surface area contributed by atoms with Crippen LogP contribution in [0.2, 0.25) is 0 Å². The van der Waals surface area contributed by atoms with Crippen molar-refractivity contribution in [3.63, 3.8) is 0 Å². The Kier molecular flexibility index (Phi) is 9.95. The first-order valence-electron chi connectivity index (χ1n) is 16.0. The summed E-state index contributed by atoms with van der Waals surface area (Å²) in [5.74, 6) is -9.10. The average molecular weight is 651 g/mol. The first-order chi connectivity index (χ1) is 21.4. The van der Waals surface area contributed by atoms with Gasteiger partial charge in [-0.05, 0) is 31.1 Å². The molecule has 13 nitrogen and oxygen atoms in total. The number of fused-ring (bicyclic) bond motifs is 2. The smallest absolute Gasteiger partial charge is 0.348 e. The minimum Gasteiger partial charge on any atom is -0.465 e. The Labute approximate surface area is 268 Å². The Morgan fingerprint density at radius 2 is 1.48 bits per heavy atom. The van der Waals surface area contributed by atoms with Crippen molar-refractivity contribution in [3.05, 3.63) is 0 Å². The summed E-state index contributed by atoms with van der Waals surface area (Å²) in [6, 6.07) is 0. The molecule has 0 N–H and O–H groups in total. The highest BCUT2D eigenvalue weighted by Crippen LogP contribution is 2.69. The number of hydrogen-bond donors (Lipinski definition) is 0. The van der Waals surface area contributed by atoms with Crippen molar-refractivity contribution in [3.8, 4) is 0 Å². The van der Waals surface area contributed by atoms with Crippen molar-refractivity contribution in [2.45, 2.75) is 112 Å². The predicted molar refractivity (Wildman–Crippen MR) is 156 cm³/mol. The normalized spacial score (nSPS) is 40.2. The Balaban J connectivity index is 2.04. The fourth-order valence-electron chi connectivity index (χ4n) is 9.18. The molecule has 0 unspecified atom stereocenters. The highest BCUT2D eigenvalue weighted by atomic mass is 16.6. The van der Waals surface area contributed by atoms with E-state index in [0.717, 1.165) is 6.92 Å². The van der Waals surface area contributed by atoms with E-state index in [2.05, 4.69) is 0 Å². The highest BCUT2D eigenvalue weighted by molar-refractivity contribution is 5.92. The van der Waals surface area contributed by atoms with Crippen LogP contribution in [0, 0.1) is 46.3 Å².